The molecule has 0 radical (unpaired) electrons. The van der Waals surface area contributed by atoms with Gasteiger partial charge in [-0.15, -0.1) is 0 Å². The molecule has 0 bridgehead atoms. The maximum absolute atomic E-state index is 3.64. The lowest BCUT2D eigenvalue weighted by atomic mass is 10.3. The summed E-state index contributed by atoms with van der Waals surface area (Å²) in [6, 6.07) is 0. The predicted molar refractivity (Wildman–Crippen MR) is 53.5 cm³/mol. The molecule has 0 aliphatic carbocycles. The largest absolute Gasteiger partial charge is 0.378 e. The third kappa shape index (κ3) is 6.91. The highest BCUT2D eigenvalue weighted by molar-refractivity contribution is 5.18. The van der Waals surface area contributed by atoms with Gasteiger partial charge in [0.2, 0.25) is 0 Å². The number of allylic oxidation sites excluding steroid dienone is 3. The van der Waals surface area contributed by atoms with Crippen LogP contribution < -0.4 is 0 Å². The minimum absolute atomic E-state index is 1.07. The number of hydrogen-bond acceptors (Lipinski definition) is 1. The lowest BCUT2D eigenvalue weighted by Crippen LogP contribution is -2.08. The first-order chi connectivity index (χ1) is 5.22. The second-order valence-electron chi connectivity index (χ2n) is 1.93. The van der Waals surface area contributed by atoms with Crippen LogP contribution in [0.2, 0.25) is 0 Å². The number of nitrogens with zero attached hydrogens (tertiary/aromatic N) is 1. The van der Waals surface area contributed by atoms with Gasteiger partial charge in [0.05, 0.1) is 0 Å². The maximum atomic E-state index is 3.64. The van der Waals surface area contributed by atoms with Crippen LogP contribution in [-0.2, 0) is 0 Å². The quantitative estimate of drug-likeness (QED) is 0.563. The van der Waals surface area contributed by atoms with Crippen molar-refractivity contribution in [3.8, 4) is 0 Å². The zero-order valence-electron chi connectivity index (χ0n) is 8.09. The molecule has 0 spiro atoms. The average Bonchev–Trinajstić information content (AvgIpc) is 2.03. The fraction of sp³-hybridized carbons (Fsp3) is 0.400. The standard InChI is InChI=1S/C8H13N.C2H6/c1-5-7-8(6-2)9(3)4;1-2/h5-7H,1-2H2,3-4H3;1-2H3/b8-7+;. The molecule has 0 unspecified atom stereocenters. The Morgan fingerprint density at radius 2 is 1.64 bits per heavy atom. The van der Waals surface area contributed by atoms with Gasteiger partial charge in [-0.2, -0.15) is 0 Å². The molecule has 0 fully saturated rings. The highest BCUT2D eigenvalue weighted by Crippen LogP contribution is 1.97. The number of hydrogen-bond donors (Lipinski definition) is 0. The molecule has 0 aliphatic heterocycles. The third-order valence-corrected chi connectivity index (χ3v) is 1.01. The van der Waals surface area contributed by atoms with Crippen LogP contribution in [0.25, 0.3) is 0 Å². The first kappa shape index (κ1) is 12.7. The van der Waals surface area contributed by atoms with Crippen molar-refractivity contribution in [2.45, 2.75) is 13.8 Å². The van der Waals surface area contributed by atoms with Crippen molar-refractivity contribution in [3.63, 3.8) is 0 Å². The van der Waals surface area contributed by atoms with Crippen LogP contribution in [0.3, 0.4) is 0 Å². The first-order valence-electron chi connectivity index (χ1n) is 3.85. The molecule has 0 heterocycles. The Bertz CT molecular complexity index is 132. The van der Waals surface area contributed by atoms with Crippen molar-refractivity contribution in [1.29, 1.82) is 0 Å². The van der Waals surface area contributed by atoms with Crippen LogP contribution in [-0.4, -0.2) is 19.0 Å². The van der Waals surface area contributed by atoms with E-state index in [2.05, 4.69) is 13.2 Å². The second-order valence-corrected chi connectivity index (χ2v) is 1.93. The molecular formula is C10H19N. The van der Waals surface area contributed by atoms with Gasteiger partial charge in [0.25, 0.3) is 0 Å². The summed E-state index contributed by atoms with van der Waals surface area (Å²) in [6.45, 7) is 11.2. The molecule has 0 aliphatic rings. The lowest BCUT2D eigenvalue weighted by molar-refractivity contribution is 0.530. The van der Waals surface area contributed by atoms with E-state index in [0.29, 0.717) is 0 Å². The Kier molecular flexibility index (Phi) is 10.4. The van der Waals surface area contributed by atoms with Gasteiger partial charge in [0.15, 0.2) is 0 Å². The Morgan fingerprint density at radius 3 is 1.73 bits per heavy atom. The first-order valence-corrected chi connectivity index (χ1v) is 3.85. The van der Waals surface area contributed by atoms with E-state index >= 15 is 0 Å². The van der Waals surface area contributed by atoms with Crippen molar-refractivity contribution >= 4 is 0 Å². The zero-order valence-corrected chi connectivity index (χ0v) is 8.09. The van der Waals surface area contributed by atoms with E-state index in [1.54, 1.807) is 12.2 Å². The highest BCUT2D eigenvalue weighted by Gasteiger charge is 1.87. The molecule has 0 saturated heterocycles. The van der Waals surface area contributed by atoms with E-state index in [1.165, 1.54) is 0 Å². The summed E-state index contributed by atoms with van der Waals surface area (Å²) >= 11 is 0. The minimum Gasteiger partial charge on any atom is -0.378 e. The SMILES string of the molecule is C=C/C=C(\C=C)N(C)C.CC. The minimum atomic E-state index is 1.07. The average molecular weight is 153 g/mol. The molecule has 11 heavy (non-hydrogen) atoms. The normalized spacial score (nSPS) is 9.27. The van der Waals surface area contributed by atoms with E-state index < -0.39 is 0 Å². The molecule has 1 nitrogen and oxygen atoms in total. The van der Waals surface area contributed by atoms with E-state index in [9.17, 15) is 0 Å². The number of rotatable bonds is 3. The molecule has 0 N–H and O–H groups in total. The van der Waals surface area contributed by atoms with E-state index in [4.69, 9.17) is 0 Å². The van der Waals surface area contributed by atoms with Crippen LogP contribution in [0.1, 0.15) is 13.8 Å². The molecule has 0 aromatic carbocycles. The summed E-state index contributed by atoms with van der Waals surface area (Å²) < 4.78 is 0. The highest BCUT2D eigenvalue weighted by atomic mass is 15.1. The van der Waals surface area contributed by atoms with Crippen LogP contribution in [0.4, 0.5) is 0 Å². The van der Waals surface area contributed by atoms with E-state index in [1.807, 2.05) is 38.9 Å². The maximum Gasteiger partial charge on any atom is 0.0354 e. The zero-order chi connectivity index (χ0) is 9.28. The van der Waals surface area contributed by atoms with Crippen LogP contribution in [0.5, 0.6) is 0 Å². The Labute approximate surface area is 70.7 Å². The lowest BCUT2D eigenvalue weighted by Gasteiger charge is -2.11. The van der Waals surface area contributed by atoms with Gasteiger partial charge in [0, 0.05) is 19.8 Å². The molecule has 0 aromatic rings. The molecule has 1 heteroatoms. The third-order valence-electron chi connectivity index (χ3n) is 1.01. The summed E-state index contributed by atoms with van der Waals surface area (Å²) in [5.74, 6) is 0. The predicted octanol–water partition coefficient (Wildman–Crippen LogP) is 2.83. The van der Waals surface area contributed by atoms with Crippen molar-refractivity contribution in [1.82, 2.24) is 4.90 Å². The summed E-state index contributed by atoms with van der Waals surface area (Å²) in [5.41, 5.74) is 1.07. The van der Waals surface area contributed by atoms with Gasteiger partial charge in [-0.1, -0.05) is 33.1 Å². The van der Waals surface area contributed by atoms with Crippen molar-refractivity contribution in [3.05, 3.63) is 37.1 Å². The Hall–Kier alpha value is -0.980. The Morgan fingerprint density at radius 1 is 1.18 bits per heavy atom. The Balaban J connectivity index is 0. The monoisotopic (exact) mass is 153 g/mol. The molecule has 0 aromatic heterocycles. The van der Waals surface area contributed by atoms with Gasteiger partial charge in [-0.25, -0.2) is 0 Å². The van der Waals surface area contributed by atoms with Gasteiger partial charge in [-0.05, 0) is 12.2 Å². The molecule has 0 amide bonds. The summed E-state index contributed by atoms with van der Waals surface area (Å²) in [5, 5.41) is 0. The van der Waals surface area contributed by atoms with Gasteiger partial charge in [-0.3, -0.25) is 0 Å². The van der Waals surface area contributed by atoms with Gasteiger partial charge >= 0.3 is 0 Å². The van der Waals surface area contributed by atoms with Crippen LogP contribution in [0, 0.1) is 0 Å². The van der Waals surface area contributed by atoms with Crippen molar-refractivity contribution in [2.75, 3.05) is 14.1 Å². The smallest absolute Gasteiger partial charge is 0.0354 e. The van der Waals surface area contributed by atoms with E-state index in [-0.39, 0.29) is 0 Å². The fourth-order valence-electron chi connectivity index (χ4n) is 0.520. The van der Waals surface area contributed by atoms with E-state index in [0.717, 1.165) is 5.70 Å². The molecular weight excluding hydrogens is 134 g/mol. The molecule has 0 atom stereocenters. The van der Waals surface area contributed by atoms with Crippen LogP contribution >= 0.6 is 0 Å². The topological polar surface area (TPSA) is 3.24 Å². The van der Waals surface area contributed by atoms with Gasteiger partial charge < -0.3 is 4.90 Å². The second kappa shape index (κ2) is 9.02. The summed E-state index contributed by atoms with van der Waals surface area (Å²) in [6.07, 6.45) is 5.45. The number of likely N-dealkylation sites (N-methyl/N-ethyl adjacent to an activating group) is 1. The summed E-state index contributed by atoms with van der Waals surface area (Å²) in [7, 11) is 3.94. The van der Waals surface area contributed by atoms with Gasteiger partial charge in [0.1, 0.15) is 0 Å². The molecule has 64 valence electrons. The van der Waals surface area contributed by atoms with Crippen molar-refractivity contribution in [2.24, 2.45) is 0 Å². The van der Waals surface area contributed by atoms with Crippen LogP contribution in [0.15, 0.2) is 37.1 Å². The fourth-order valence-corrected chi connectivity index (χ4v) is 0.520. The molecule has 0 saturated carbocycles. The summed E-state index contributed by atoms with van der Waals surface area (Å²) in [4.78, 5) is 1.98. The van der Waals surface area contributed by atoms with Crippen molar-refractivity contribution < 1.29 is 0 Å². The molecule has 0 rings (SSSR count).